The van der Waals surface area contributed by atoms with Crippen LogP contribution in [0.15, 0.2) is 72.2 Å². The van der Waals surface area contributed by atoms with Crippen LogP contribution in [0.1, 0.15) is 43.6 Å². The van der Waals surface area contributed by atoms with Gasteiger partial charge in [0.1, 0.15) is 0 Å². The van der Waals surface area contributed by atoms with Crippen molar-refractivity contribution in [2.75, 3.05) is 19.5 Å². The lowest BCUT2D eigenvalue weighted by Gasteiger charge is -2.17. The van der Waals surface area contributed by atoms with Crippen LogP contribution in [0.2, 0.25) is 0 Å². The fourth-order valence-corrected chi connectivity index (χ4v) is 4.90. The van der Waals surface area contributed by atoms with Gasteiger partial charge in [-0.2, -0.15) is 0 Å². The number of carbonyl (C=O) groups excluding carboxylic acids is 2. The number of ketones is 1. The van der Waals surface area contributed by atoms with Crippen LogP contribution < -0.4 is 14.8 Å². The van der Waals surface area contributed by atoms with Gasteiger partial charge in [0.15, 0.2) is 17.3 Å². The lowest BCUT2D eigenvalue weighted by atomic mass is 9.90. The second-order valence-electron chi connectivity index (χ2n) is 7.76. The van der Waals surface area contributed by atoms with E-state index in [1.54, 1.807) is 26.4 Å². The number of amides is 1. The van der Waals surface area contributed by atoms with Gasteiger partial charge in [0.2, 0.25) is 0 Å². The molecule has 0 saturated carbocycles. The molecule has 5 rings (SSSR count). The van der Waals surface area contributed by atoms with Crippen LogP contribution in [-0.4, -0.2) is 30.5 Å². The van der Waals surface area contributed by atoms with Crippen LogP contribution >= 0.6 is 11.3 Å². The Morgan fingerprint density at radius 1 is 1.03 bits per heavy atom. The molecular formula is C26H22N2O4S. The maximum absolute atomic E-state index is 13.3. The molecule has 0 radical (unpaired) electrons. The minimum Gasteiger partial charge on any atom is -0.493 e. The molecule has 6 nitrogen and oxygen atoms in total. The van der Waals surface area contributed by atoms with Gasteiger partial charge < -0.3 is 19.4 Å². The third kappa shape index (κ3) is 3.81. The van der Waals surface area contributed by atoms with E-state index in [-0.39, 0.29) is 17.6 Å². The van der Waals surface area contributed by atoms with E-state index in [2.05, 4.69) is 5.32 Å². The molecule has 1 atom stereocenters. The van der Waals surface area contributed by atoms with E-state index in [0.717, 1.165) is 16.9 Å². The fraction of sp³-hybridized carbons (Fsp3) is 0.154. The van der Waals surface area contributed by atoms with E-state index in [4.69, 9.17) is 9.47 Å². The van der Waals surface area contributed by atoms with Crippen LogP contribution in [0.4, 0.5) is 5.69 Å². The Kier molecular flexibility index (Phi) is 5.48. The molecule has 0 unspecified atom stereocenters. The minimum atomic E-state index is -0.130. The van der Waals surface area contributed by atoms with Crippen molar-refractivity contribution in [3.63, 3.8) is 0 Å². The second kappa shape index (κ2) is 8.60. The predicted molar refractivity (Wildman–Crippen MR) is 128 cm³/mol. The quantitative estimate of drug-likeness (QED) is 0.427. The Morgan fingerprint density at radius 3 is 2.48 bits per heavy atom. The lowest BCUT2D eigenvalue weighted by Crippen LogP contribution is -2.11. The first-order valence-electron chi connectivity index (χ1n) is 10.5. The molecule has 166 valence electrons. The van der Waals surface area contributed by atoms with Crippen molar-refractivity contribution in [2.24, 2.45) is 0 Å². The summed E-state index contributed by atoms with van der Waals surface area (Å²) in [7, 11) is 3.15. The summed E-state index contributed by atoms with van der Waals surface area (Å²) >= 11 is 1.40. The lowest BCUT2D eigenvalue weighted by molar-refractivity contribution is 0.0978. The molecule has 1 N–H and O–H groups in total. The fourth-order valence-electron chi connectivity index (χ4n) is 4.28. The van der Waals surface area contributed by atoms with E-state index in [1.165, 1.54) is 11.3 Å². The second-order valence-corrected chi connectivity index (χ2v) is 8.71. The molecular weight excluding hydrogens is 436 g/mol. The number of hydrogen-bond donors (Lipinski definition) is 1. The summed E-state index contributed by atoms with van der Waals surface area (Å²) in [5.41, 5.74) is 4.12. The molecule has 0 aliphatic carbocycles. The SMILES string of the molecule is COc1cc2c(cc1OC)-n1cccc1[C@H](c1ccc(NC(=O)c3cccs3)cc1)CC2=O. The van der Waals surface area contributed by atoms with Gasteiger partial charge in [-0.3, -0.25) is 9.59 Å². The van der Waals surface area contributed by atoms with Crippen molar-refractivity contribution >= 4 is 28.7 Å². The monoisotopic (exact) mass is 458 g/mol. The molecule has 0 bridgehead atoms. The largest absolute Gasteiger partial charge is 0.493 e. The minimum absolute atomic E-state index is 0.0368. The molecule has 0 fully saturated rings. The van der Waals surface area contributed by atoms with E-state index in [0.29, 0.717) is 34.0 Å². The molecule has 0 spiro atoms. The first-order chi connectivity index (χ1) is 16.1. The van der Waals surface area contributed by atoms with Crippen LogP contribution in [0.5, 0.6) is 11.5 Å². The number of thiophene rings is 1. The number of aromatic nitrogens is 1. The number of anilines is 1. The van der Waals surface area contributed by atoms with Crippen LogP contribution in [0.25, 0.3) is 5.69 Å². The highest BCUT2D eigenvalue weighted by atomic mass is 32.1. The first kappa shape index (κ1) is 21.0. The van der Waals surface area contributed by atoms with Gasteiger partial charge in [0.05, 0.1) is 24.8 Å². The van der Waals surface area contributed by atoms with E-state index < -0.39 is 0 Å². The van der Waals surface area contributed by atoms with E-state index in [9.17, 15) is 9.59 Å². The Hall–Kier alpha value is -3.84. The normalized spacial score (nSPS) is 14.7. The molecule has 7 heteroatoms. The molecule has 33 heavy (non-hydrogen) atoms. The van der Waals surface area contributed by atoms with Gasteiger partial charge >= 0.3 is 0 Å². The Bertz CT molecular complexity index is 1320. The molecule has 0 saturated heterocycles. The van der Waals surface area contributed by atoms with Gasteiger partial charge in [-0.25, -0.2) is 0 Å². The number of rotatable bonds is 5. The van der Waals surface area contributed by atoms with Gasteiger partial charge in [-0.1, -0.05) is 18.2 Å². The third-order valence-electron chi connectivity index (χ3n) is 5.90. The topological polar surface area (TPSA) is 69.6 Å². The number of benzene rings is 2. The smallest absolute Gasteiger partial charge is 0.265 e. The zero-order valence-corrected chi connectivity index (χ0v) is 19.0. The number of ether oxygens (including phenoxy) is 2. The van der Waals surface area contributed by atoms with Crippen molar-refractivity contribution in [3.05, 3.63) is 93.9 Å². The Labute approximate surface area is 195 Å². The van der Waals surface area contributed by atoms with Crippen molar-refractivity contribution in [3.8, 4) is 17.2 Å². The number of hydrogen-bond acceptors (Lipinski definition) is 5. The molecule has 1 aliphatic rings. The summed E-state index contributed by atoms with van der Waals surface area (Å²) in [5.74, 6) is 0.888. The first-order valence-corrected chi connectivity index (χ1v) is 11.4. The number of methoxy groups -OCH3 is 2. The maximum Gasteiger partial charge on any atom is 0.265 e. The summed E-state index contributed by atoms with van der Waals surface area (Å²) in [6.45, 7) is 0. The number of carbonyl (C=O) groups is 2. The average molecular weight is 459 g/mol. The highest BCUT2D eigenvalue weighted by Gasteiger charge is 2.29. The standard InChI is InChI=1S/C26H22N2O4S/c1-31-23-14-19-21(15-24(23)32-2)28-11-3-5-20(28)18(13-22(19)29)16-7-9-17(10-8-16)27-26(30)25-6-4-12-33-25/h3-12,14-15,18H,13H2,1-2H3,(H,27,30)/t18-/m0/s1. The number of fused-ring (bicyclic) bond motifs is 3. The summed E-state index contributed by atoms with van der Waals surface area (Å²) < 4.78 is 12.9. The Balaban J connectivity index is 1.48. The summed E-state index contributed by atoms with van der Waals surface area (Å²) in [5, 5.41) is 4.80. The van der Waals surface area contributed by atoms with Crippen molar-refractivity contribution in [1.29, 1.82) is 0 Å². The summed E-state index contributed by atoms with van der Waals surface area (Å²) in [6, 6.07) is 19.0. The average Bonchev–Trinajstić information content (AvgIpc) is 3.53. The number of Topliss-reactive ketones (excluding diaryl/α,β-unsaturated/α-hetero) is 1. The van der Waals surface area contributed by atoms with Crippen molar-refractivity contribution in [2.45, 2.75) is 12.3 Å². The van der Waals surface area contributed by atoms with E-state index in [1.807, 2.05) is 64.7 Å². The summed E-state index contributed by atoms with van der Waals surface area (Å²) in [4.78, 5) is 26.3. The molecule has 2 aromatic heterocycles. The zero-order chi connectivity index (χ0) is 22.9. The van der Waals surface area contributed by atoms with Gasteiger partial charge in [0.25, 0.3) is 5.91 Å². The Morgan fingerprint density at radius 2 is 1.79 bits per heavy atom. The zero-order valence-electron chi connectivity index (χ0n) is 18.2. The maximum atomic E-state index is 13.3. The van der Waals surface area contributed by atoms with Crippen LogP contribution in [-0.2, 0) is 0 Å². The van der Waals surface area contributed by atoms with E-state index >= 15 is 0 Å². The van der Waals surface area contributed by atoms with Gasteiger partial charge in [0, 0.05) is 41.5 Å². The highest BCUT2D eigenvalue weighted by Crippen LogP contribution is 2.40. The summed E-state index contributed by atoms with van der Waals surface area (Å²) in [6.07, 6.45) is 2.29. The molecule has 2 aromatic carbocycles. The third-order valence-corrected chi connectivity index (χ3v) is 6.77. The van der Waals surface area contributed by atoms with Crippen LogP contribution in [0, 0.1) is 0 Å². The molecule has 3 heterocycles. The highest BCUT2D eigenvalue weighted by molar-refractivity contribution is 7.12. The predicted octanol–water partition coefficient (Wildman–Crippen LogP) is 5.53. The van der Waals surface area contributed by atoms with Gasteiger partial charge in [-0.15, -0.1) is 11.3 Å². The molecule has 4 aromatic rings. The van der Waals surface area contributed by atoms with Crippen molar-refractivity contribution in [1.82, 2.24) is 4.57 Å². The van der Waals surface area contributed by atoms with Crippen molar-refractivity contribution < 1.29 is 19.1 Å². The van der Waals surface area contributed by atoms with Crippen LogP contribution in [0.3, 0.4) is 0 Å². The number of nitrogens with one attached hydrogen (secondary N) is 1. The molecule has 1 aliphatic heterocycles. The molecule has 1 amide bonds. The van der Waals surface area contributed by atoms with Gasteiger partial charge in [-0.05, 0) is 47.3 Å². The number of nitrogens with zero attached hydrogens (tertiary/aromatic N) is 1.